The van der Waals surface area contributed by atoms with Crippen molar-refractivity contribution in [3.05, 3.63) is 11.1 Å². The first kappa shape index (κ1) is 21.9. The first-order valence-corrected chi connectivity index (χ1v) is 13.1. The molecule has 0 bridgehead atoms. The Morgan fingerprint density at radius 3 is 2.41 bits per heavy atom. The minimum Gasteiger partial charge on any atom is -0.393 e. The summed E-state index contributed by atoms with van der Waals surface area (Å²) >= 11 is 0. The summed E-state index contributed by atoms with van der Waals surface area (Å²) in [6.07, 6.45) is 14.5. The van der Waals surface area contributed by atoms with E-state index in [2.05, 4.69) is 41.5 Å². The third-order valence-electron chi connectivity index (χ3n) is 10.9. The van der Waals surface area contributed by atoms with Crippen molar-refractivity contribution in [2.75, 3.05) is 0 Å². The molecule has 29 heavy (non-hydrogen) atoms. The van der Waals surface area contributed by atoms with Gasteiger partial charge in [-0.05, 0) is 104 Å². The Morgan fingerprint density at radius 1 is 0.931 bits per heavy atom. The highest BCUT2D eigenvalue weighted by molar-refractivity contribution is 5.34. The van der Waals surface area contributed by atoms with Crippen molar-refractivity contribution < 1.29 is 5.11 Å². The number of fused-ring (bicyclic) bond motifs is 4. The standard InChI is InChI=1S/C28H48O/c1-18(2)19(3)7-8-20(4)24-11-12-25-23-10-9-21-17-22(29)13-15-27(21,5)26(23)14-16-28(24,25)6/h18-22,24,26,29H,7-17H2,1-6H3/t19-,20+,21-,22?,24+,26-,27-,28+/m0/s1. The summed E-state index contributed by atoms with van der Waals surface area (Å²) in [5.74, 6) is 5.04. The zero-order valence-corrected chi connectivity index (χ0v) is 20.3. The quantitative estimate of drug-likeness (QED) is 0.467. The largest absolute Gasteiger partial charge is 0.393 e. The number of rotatable bonds is 5. The predicted molar refractivity (Wildman–Crippen MR) is 124 cm³/mol. The highest BCUT2D eigenvalue weighted by Gasteiger charge is 2.55. The number of hydrogen-bond acceptors (Lipinski definition) is 1. The molecule has 1 unspecified atom stereocenters. The molecule has 1 N–H and O–H groups in total. The highest BCUT2D eigenvalue weighted by atomic mass is 16.3. The molecule has 4 rings (SSSR count). The lowest BCUT2D eigenvalue weighted by molar-refractivity contribution is -0.0381. The number of aliphatic hydroxyl groups is 1. The molecule has 8 atom stereocenters. The van der Waals surface area contributed by atoms with Crippen molar-refractivity contribution >= 4 is 0 Å². The lowest BCUT2D eigenvalue weighted by Gasteiger charge is -2.56. The molecule has 0 aromatic carbocycles. The zero-order valence-electron chi connectivity index (χ0n) is 20.3. The minimum absolute atomic E-state index is 0.0268. The maximum atomic E-state index is 10.3. The van der Waals surface area contributed by atoms with Gasteiger partial charge in [0.05, 0.1) is 6.10 Å². The summed E-state index contributed by atoms with van der Waals surface area (Å²) in [4.78, 5) is 0. The van der Waals surface area contributed by atoms with Crippen molar-refractivity contribution in [2.45, 2.75) is 118 Å². The van der Waals surface area contributed by atoms with Crippen LogP contribution in [0.3, 0.4) is 0 Å². The van der Waals surface area contributed by atoms with Crippen LogP contribution in [0.1, 0.15) is 112 Å². The fraction of sp³-hybridized carbons (Fsp3) is 0.929. The molecule has 0 heterocycles. The molecule has 0 aromatic heterocycles. The van der Waals surface area contributed by atoms with Crippen molar-refractivity contribution in [1.29, 1.82) is 0 Å². The molecule has 0 radical (unpaired) electrons. The Labute approximate surface area is 181 Å². The van der Waals surface area contributed by atoms with Crippen molar-refractivity contribution in [3.63, 3.8) is 0 Å². The Kier molecular flexibility index (Phi) is 6.04. The second-order valence-corrected chi connectivity index (χ2v) is 12.6. The Bertz CT molecular complexity index is 632. The van der Waals surface area contributed by atoms with Gasteiger partial charge < -0.3 is 5.11 Å². The summed E-state index contributed by atoms with van der Waals surface area (Å²) in [5, 5.41) is 10.3. The molecule has 0 spiro atoms. The average Bonchev–Trinajstić information content (AvgIpc) is 3.03. The SMILES string of the molecule is CC(C)[C@@H](C)CC[C@@H](C)[C@H]1CCC2=C3CC[C@H]4CC(O)CC[C@]4(C)[C@H]3CC[C@@]21C. The lowest BCUT2D eigenvalue weighted by Crippen LogP contribution is -2.48. The van der Waals surface area contributed by atoms with Crippen LogP contribution in [0.2, 0.25) is 0 Å². The Hall–Kier alpha value is -0.300. The molecule has 0 amide bonds. The summed E-state index contributed by atoms with van der Waals surface area (Å²) in [6.45, 7) is 15.0. The van der Waals surface area contributed by atoms with E-state index in [-0.39, 0.29) is 6.10 Å². The lowest BCUT2D eigenvalue weighted by atomic mass is 9.49. The second-order valence-electron chi connectivity index (χ2n) is 12.6. The van der Waals surface area contributed by atoms with E-state index in [0.717, 1.165) is 48.3 Å². The molecule has 3 fully saturated rings. The van der Waals surface area contributed by atoms with E-state index in [1.165, 1.54) is 57.8 Å². The van der Waals surface area contributed by atoms with Gasteiger partial charge in [-0.3, -0.25) is 0 Å². The third-order valence-corrected chi connectivity index (χ3v) is 10.9. The van der Waals surface area contributed by atoms with Crippen LogP contribution < -0.4 is 0 Å². The summed E-state index contributed by atoms with van der Waals surface area (Å²) in [7, 11) is 0. The summed E-state index contributed by atoms with van der Waals surface area (Å²) in [5.41, 5.74) is 4.80. The van der Waals surface area contributed by atoms with E-state index < -0.39 is 0 Å². The molecule has 4 aliphatic carbocycles. The second kappa shape index (κ2) is 7.99. The Morgan fingerprint density at radius 2 is 1.69 bits per heavy atom. The highest BCUT2D eigenvalue weighted by Crippen LogP contribution is 2.65. The van der Waals surface area contributed by atoms with Gasteiger partial charge in [0, 0.05) is 0 Å². The number of aliphatic hydroxyl groups excluding tert-OH is 1. The maximum Gasteiger partial charge on any atom is 0.0543 e. The molecule has 0 aromatic rings. The van der Waals surface area contributed by atoms with Gasteiger partial charge in [-0.2, -0.15) is 0 Å². The van der Waals surface area contributed by atoms with Crippen LogP contribution in [0.5, 0.6) is 0 Å². The first-order valence-electron chi connectivity index (χ1n) is 13.1. The zero-order chi connectivity index (χ0) is 21.0. The van der Waals surface area contributed by atoms with Crippen LogP contribution in [0.4, 0.5) is 0 Å². The number of hydrogen-bond donors (Lipinski definition) is 1. The summed E-state index contributed by atoms with van der Waals surface area (Å²) in [6, 6.07) is 0. The maximum absolute atomic E-state index is 10.3. The molecule has 0 saturated heterocycles. The van der Waals surface area contributed by atoms with E-state index in [1.807, 2.05) is 11.1 Å². The molecule has 1 nitrogen and oxygen atoms in total. The summed E-state index contributed by atoms with van der Waals surface area (Å²) < 4.78 is 0. The smallest absolute Gasteiger partial charge is 0.0543 e. The van der Waals surface area contributed by atoms with Gasteiger partial charge in [0.1, 0.15) is 0 Å². The monoisotopic (exact) mass is 400 g/mol. The van der Waals surface area contributed by atoms with Crippen LogP contribution in [0.15, 0.2) is 11.1 Å². The van der Waals surface area contributed by atoms with Gasteiger partial charge in [-0.25, -0.2) is 0 Å². The fourth-order valence-electron chi connectivity index (χ4n) is 8.48. The van der Waals surface area contributed by atoms with E-state index in [0.29, 0.717) is 10.8 Å². The average molecular weight is 401 g/mol. The molecule has 4 aliphatic rings. The van der Waals surface area contributed by atoms with Crippen LogP contribution in [0, 0.1) is 46.3 Å². The topological polar surface area (TPSA) is 20.2 Å². The van der Waals surface area contributed by atoms with E-state index in [4.69, 9.17) is 0 Å². The van der Waals surface area contributed by atoms with Crippen LogP contribution in [-0.2, 0) is 0 Å². The van der Waals surface area contributed by atoms with Crippen molar-refractivity contribution in [3.8, 4) is 0 Å². The van der Waals surface area contributed by atoms with Gasteiger partial charge in [0.25, 0.3) is 0 Å². The van der Waals surface area contributed by atoms with E-state index >= 15 is 0 Å². The molecule has 1 heteroatoms. The van der Waals surface area contributed by atoms with Crippen LogP contribution in [-0.4, -0.2) is 11.2 Å². The third kappa shape index (κ3) is 3.66. The van der Waals surface area contributed by atoms with Crippen molar-refractivity contribution in [1.82, 2.24) is 0 Å². The van der Waals surface area contributed by atoms with Gasteiger partial charge in [0.15, 0.2) is 0 Å². The molecule has 0 aliphatic heterocycles. The van der Waals surface area contributed by atoms with E-state index in [9.17, 15) is 5.11 Å². The van der Waals surface area contributed by atoms with Gasteiger partial charge >= 0.3 is 0 Å². The molecular formula is C28H48O. The van der Waals surface area contributed by atoms with Crippen LogP contribution in [0.25, 0.3) is 0 Å². The van der Waals surface area contributed by atoms with E-state index in [1.54, 1.807) is 0 Å². The van der Waals surface area contributed by atoms with Gasteiger partial charge in [-0.15, -0.1) is 0 Å². The number of allylic oxidation sites excluding steroid dienone is 2. The fourth-order valence-corrected chi connectivity index (χ4v) is 8.48. The Balaban J connectivity index is 1.53. The molecular weight excluding hydrogens is 352 g/mol. The predicted octanol–water partition coefficient (Wildman–Crippen LogP) is 7.78. The van der Waals surface area contributed by atoms with Crippen molar-refractivity contribution in [2.24, 2.45) is 46.3 Å². The molecule has 3 saturated carbocycles. The molecule has 166 valence electrons. The minimum atomic E-state index is -0.0268. The normalized spacial score (nSPS) is 44.3. The first-order chi connectivity index (χ1) is 13.7. The van der Waals surface area contributed by atoms with Gasteiger partial charge in [0.2, 0.25) is 0 Å². The van der Waals surface area contributed by atoms with Crippen LogP contribution >= 0.6 is 0 Å². The van der Waals surface area contributed by atoms with Gasteiger partial charge in [-0.1, -0.05) is 65.5 Å².